The number of rotatable bonds is 2. The Balaban J connectivity index is 2.02. The molecule has 0 aromatic rings. The number of primary amides is 1. The van der Waals surface area contributed by atoms with Crippen LogP contribution in [0.3, 0.4) is 0 Å². The lowest BCUT2D eigenvalue weighted by Crippen LogP contribution is -2.46. The summed E-state index contributed by atoms with van der Waals surface area (Å²) >= 11 is 0. The first-order valence-electron chi connectivity index (χ1n) is 5.32. The highest BCUT2D eigenvalue weighted by atomic mass is 16.2. The molecule has 0 radical (unpaired) electrons. The molecule has 1 fully saturated rings. The van der Waals surface area contributed by atoms with E-state index in [-0.39, 0.29) is 5.41 Å². The SMILES string of the molecule is C[C@@]1(CNC(N)=O)C[C@H]2C=C[C@@H]1CC2. The van der Waals surface area contributed by atoms with Gasteiger partial charge in [0.25, 0.3) is 0 Å². The predicted molar refractivity (Wildman–Crippen MR) is 55.7 cm³/mol. The first kappa shape index (κ1) is 9.56. The van der Waals surface area contributed by atoms with Crippen LogP contribution in [0.2, 0.25) is 0 Å². The standard InChI is InChI=1S/C11H18N2O/c1-11(7-13-10(12)14)6-8-2-4-9(11)5-3-8/h2,4,8-9H,3,5-7H2,1H3,(H3,12,13,14)/t8-,9+,11-/m0/s1. The summed E-state index contributed by atoms with van der Waals surface area (Å²) in [5, 5.41) is 2.75. The Morgan fingerprint density at radius 3 is 2.79 bits per heavy atom. The monoisotopic (exact) mass is 194 g/mol. The zero-order chi connectivity index (χ0) is 10.2. The van der Waals surface area contributed by atoms with Gasteiger partial charge in [-0.2, -0.15) is 0 Å². The molecule has 0 unspecified atom stereocenters. The van der Waals surface area contributed by atoms with Crippen molar-refractivity contribution < 1.29 is 4.79 Å². The van der Waals surface area contributed by atoms with Crippen molar-refractivity contribution in [2.24, 2.45) is 23.0 Å². The van der Waals surface area contributed by atoms with E-state index >= 15 is 0 Å². The number of nitrogens with two attached hydrogens (primary N) is 1. The van der Waals surface area contributed by atoms with Crippen LogP contribution in [-0.4, -0.2) is 12.6 Å². The van der Waals surface area contributed by atoms with Crippen LogP contribution < -0.4 is 11.1 Å². The van der Waals surface area contributed by atoms with Gasteiger partial charge in [-0.05, 0) is 36.5 Å². The molecule has 3 N–H and O–H groups in total. The molecule has 0 saturated heterocycles. The van der Waals surface area contributed by atoms with Crippen LogP contribution in [0, 0.1) is 17.3 Å². The fraction of sp³-hybridized carbons (Fsp3) is 0.727. The van der Waals surface area contributed by atoms with E-state index in [2.05, 4.69) is 24.4 Å². The van der Waals surface area contributed by atoms with E-state index in [4.69, 9.17) is 5.73 Å². The third-order valence-electron chi connectivity index (χ3n) is 3.75. The first-order valence-corrected chi connectivity index (χ1v) is 5.32. The number of hydrogen-bond acceptors (Lipinski definition) is 1. The molecule has 14 heavy (non-hydrogen) atoms. The fourth-order valence-electron chi connectivity index (χ4n) is 2.87. The lowest BCUT2D eigenvalue weighted by Gasteiger charge is -2.46. The molecule has 0 spiro atoms. The van der Waals surface area contributed by atoms with E-state index in [1.165, 1.54) is 19.3 Å². The van der Waals surface area contributed by atoms with Gasteiger partial charge in [-0.15, -0.1) is 0 Å². The zero-order valence-electron chi connectivity index (χ0n) is 8.62. The van der Waals surface area contributed by atoms with Gasteiger partial charge in [0.15, 0.2) is 0 Å². The van der Waals surface area contributed by atoms with Crippen molar-refractivity contribution in [1.82, 2.24) is 5.32 Å². The number of carbonyl (C=O) groups excluding carboxylic acids is 1. The van der Waals surface area contributed by atoms with Gasteiger partial charge in [0.1, 0.15) is 0 Å². The van der Waals surface area contributed by atoms with Gasteiger partial charge in [-0.25, -0.2) is 4.79 Å². The van der Waals surface area contributed by atoms with E-state index in [0.717, 1.165) is 5.92 Å². The lowest BCUT2D eigenvalue weighted by atomic mass is 9.60. The maximum atomic E-state index is 10.7. The van der Waals surface area contributed by atoms with Crippen molar-refractivity contribution in [3.63, 3.8) is 0 Å². The summed E-state index contributed by atoms with van der Waals surface area (Å²) in [6.07, 6.45) is 8.42. The number of nitrogens with one attached hydrogen (secondary N) is 1. The van der Waals surface area contributed by atoms with Gasteiger partial charge in [-0.1, -0.05) is 19.1 Å². The van der Waals surface area contributed by atoms with Crippen molar-refractivity contribution in [2.45, 2.75) is 26.2 Å². The van der Waals surface area contributed by atoms with Gasteiger partial charge >= 0.3 is 6.03 Å². The topological polar surface area (TPSA) is 55.1 Å². The molecule has 78 valence electrons. The highest BCUT2D eigenvalue weighted by Crippen LogP contribution is 2.48. The molecule has 0 heterocycles. The summed E-state index contributed by atoms with van der Waals surface area (Å²) < 4.78 is 0. The minimum Gasteiger partial charge on any atom is -0.352 e. The van der Waals surface area contributed by atoms with Gasteiger partial charge in [0, 0.05) is 6.54 Å². The number of hydrogen-bond donors (Lipinski definition) is 2. The molecule has 3 aliphatic rings. The van der Waals surface area contributed by atoms with Crippen LogP contribution in [0.1, 0.15) is 26.2 Å². The Morgan fingerprint density at radius 2 is 2.36 bits per heavy atom. The van der Waals surface area contributed by atoms with Crippen molar-refractivity contribution in [2.75, 3.05) is 6.54 Å². The van der Waals surface area contributed by atoms with Crippen LogP contribution in [0.15, 0.2) is 12.2 Å². The number of carbonyl (C=O) groups is 1. The molecule has 1 saturated carbocycles. The number of allylic oxidation sites excluding steroid dienone is 2. The molecule has 3 atom stereocenters. The molecule has 3 nitrogen and oxygen atoms in total. The Kier molecular flexibility index (Phi) is 2.25. The van der Waals surface area contributed by atoms with Crippen molar-refractivity contribution in [3.05, 3.63) is 12.2 Å². The Labute approximate surface area is 84.7 Å². The molecular formula is C11H18N2O. The summed E-state index contributed by atoms with van der Waals surface area (Å²) in [6, 6.07) is -0.406. The second-order valence-corrected chi connectivity index (χ2v) is 4.90. The van der Waals surface area contributed by atoms with E-state index in [9.17, 15) is 4.79 Å². The predicted octanol–water partition coefficient (Wildman–Crippen LogP) is 1.65. The maximum Gasteiger partial charge on any atom is 0.312 e. The molecule has 3 aliphatic carbocycles. The summed E-state index contributed by atoms with van der Waals surface area (Å²) in [5.41, 5.74) is 5.33. The highest BCUT2D eigenvalue weighted by molar-refractivity contribution is 5.71. The smallest absolute Gasteiger partial charge is 0.312 e. The average Bonchev–Trinajstić information content (AvgIpc) is 2.16. The van der Waals surface area contributed by atoms with Crippen LogP contribution in [-0.2, 0) is 0 Å². The largest absolute Gasteiger partial charge is 0.352 e. The Hall–Kier alpha value is -0.990. The van der Waals surface area contributed by atoms with E-state index < -0.39 is 6.03 Å². The third-order valence-corrected chi connectivity index (χ3v) is 3.75. The van der Waals surface area contributed by atoms with Crippen LogP contribution >= 0.6 is 0 Å². The molecule has 2 bridgehead atoms. The van der Waals surface area contributed by atoms with Crippen molar-refractivity contribution >= 4 is 6.03 Å². The summed E-state index contributed by atoms with van der Waals surface area (Å²) in [5.74, 6) is 1.35. The zero-order valence-corrected chi connectivity index (χ0v) is 8.62. The highest BCUT2D eigenvalue weighted by Gasteiger charge is 2.41. The van der Waals surface area contributed by atoms with Crippen LogP contribution in [0.25, 0.3) is 0 Å². The molecule has 0 aromatic heterocycles. The average molecular weight is 194 g/mol. The normalized spacial score (nSPS) is 39.8. The second kappa shape index (κ2) is 3.30. The van der Waals surface area contributed by atoms with Gasteiger partial charge in [0.05, 0.1) is 0 Å². The summed E-state index contributed by atoms with van der Waals surface area (Å²) in [4.78, 5) is 10.7. The van der Waals surface area contributed by atoms with Gasteiger partial charge < -0.3 is 11.1 Å². The van der Waals surface area contributed by atoms with E-state index in [1.807, 2.05) is 0 Å². The molecule has 3 heteroatoms. The molecule has 3 rings (SSSR count). The van der Waals surface area contributed by atoms with Crippen LogP contribution in [0.4, 0.5) is 4.79 Å². The minimum absolute atomic E-state index is 0.229. The molecule has 0 aliphatic heterocycles. The van der Waals surface area contributed by atoms with E-state index in [0.29, 0.717) is 12.5 Å². The third kappa shape index (κ3) is 1.63. The van der Waals surface area contributed by atoms with Crippen molar-refractivity contribution in [3.8, 4) is 0 Å². The quantitative estimate of drug-likeness (QED) is 0.645. The van der Waals surface area contributed by atoms with E-state index in [1.54, 1.807) is 0 Å². The fourth-order valence-corrected chi connectivity index (χ4v) is 2.87. The molecule has 2 amide bonds. The lowest BCUT2D eigenvalue weighted by molar-refractivity contribution is 0.109. The molecular weight excluding hydrogens is 176 g/mol. The second-order valence-electron chi connectivity index (χ2n) is 4.90. The van der Waals surface area contributed by atoms with Gasteiger partial charge in [0.2, 0.25) is 0 Å². The van der Waals surface area contributed by atoms with Gasteiger partial charge in [-0.3, -0.25) is 0 Å². The number of fused-ring (bicyclic) bond motifs is 2. The maximum absolute atomic E-state index is 10.7. The Bertz CT molecular complexity index is 274. The first-order chi connectivity index (χ1) is 6.60. The van der Waals surface area contributed by atoms with Crippen molar-refractivity contribution in [1.29, 1.82) is 0 Å². The summed E-state index contributed by atoms with van der Waals surface area (Å²) in [6.45, 7) is 2.97. The minimum atomic E-state index is -0.406. The summed E-state index contributed by atoms with van der Waals surface area (Å²) in [7, 11) is 0. The number of amides is 2. The molecule has 0 aromatic carbocycles. The van der Waals surface area contributed by atoms with Crippen LogP contribution in [0.5, 0.6) is 0 Å². The Morgan fingerprint density at radius 1 is 1.57 bits per heavy atom. The number of urea groups is 1.